The first-order chi connectivity index (χ1) is 9.10. The number of hydrogen-bond donors (Lipinski definition) is 1. The lowest BCUT2D eigenvalue weighted by atomic mass is 9.78. The molecule has 3 unspecified atom stereocenters. The molecule has 4 heteroatoms. The van der Waals surface area contributed by atoms with Gasteiger partial charge in [0.05, 0.1) is 12.0 Å². The van der Waals surface area contributed by atoms with Gasteiger partial charge in [0.25, 0.3) is 0 Å². The van der Waals surface area contributed by atoms with E-state index < -0.39 is 0 Å². The number of nitrogens with one attached hydrogen (secondary N) is 1. The van der Waals surface area contributed by atoms with Crippen LogP contribution in [0.2, 0.25) is 0 Å². The van der Waals surface area contributed by atoms with Crippen LogP contribution in [0.4, 0.5) is 0 Å². The van der Waals surface area contributed by atoms with Gasteiger partial charge in [-0.3, -0.25) is 9.69 Å². The van der Waals surface area contributed by atoms with Gasteiger partial charge >= 0.3 is 0 Å². The minimum absolute atomic E-state index is 0.0691. The van der Waals surface area contributed by atoms with Gasteiger partial charge in [-0.1, -0.05) is 6.92 Å². The summed E-state index contributed by atoms with van der Waals surface area (Å²) in [7, 11) is 0. The molecular weight excluding hydrogens is 238 g/mol. The smallest absolute Gasteiger partial charge is 0.217 e. The lowest BCUT2D eigenvalue weighted by Crippen LogP contribution is -2.51. The van der Waals surface area contributed by atoms with Crippen LogP contribution in [0, 0.1) is 23.2 Å². The van der Waals surface area contributed by atoms with Crippen molar-refractivity contribution in [3.63, 3.8) is 0 Å². The molecule has 0 aromatic heterocycles. The zero-order valence-corrected chi connectivity index (χ0v) is 12.1. The first-order valence-electron chi connectivity index (χ1n) is 7.51. The van der Waals surface area contributed by atoms with Crippen LogP contribution in [-0.2, 0) is 4.79 Å². The van der Waals surface area contributed by atoms with Crippen molar-refractivity contribution in [3.8, 4) is 6.07 Å². The highest BCUT2D eigenvalue weighted by Crippen LogP contribution is 2.33. The van der Waals surface area contributed by atoms with Gasteiger partial charge in [0, 0.05) is 32.1 Å². The minimum atomic E-state index is 0.0691. The molecule has 0 radical (unpaired) electrons. The second-order valence-corrected chi connectivity index (χ2v) is 6.23. The molecule has 0 bridgehead atoms. The number of amides is 1. The third-order valence-corrected chi connectivity index (χ3v) is 4.65. The summed E-state index contributed by atoms with van der Waals surface area (Å²) >= 11 is 0. The maximum atomic E-state index is 11.1. The summed E-state index contributed by atoms with van der Waals surface area (Å²) in [4.78, 5) is 13.6. The molecule has 1 amide bonds. The topological polar surface area (TPSA) is 56.1 Å². The number of carbonyl (C=O) groups excluding carboxylic acids is 1. The Hall–Kier alpha value is -1.08. The number of nitrogens with zero attached hydrogens (tertiary/aromatic N) is 2. The Morgan fingerprint density at radius 3 is 2.53 bits per heavy atom. The van der Waals surface area contributed by atoms with E-state index in [2.05, 4.69) is 23.2 Å². The molecule has 19 heavy (non-hydrogen) atoms. The van der Waals surface area contributed by atoms with E-state index in [4.69, 9.17) is 0 Å². The fraction of sp³-hybridized carbons (Fsp3) is 0.867. The summed E-state index contributed by atoms with van der Waals surface area (Å²) in [5, 5.41) is 12.3. The van der Waals surface area contributed by atoms with Crippen molar-refractivity contribution < 1.29 is 4.79 Å². The minimum Gasteiger partial charge on any atom is -0.354 e. The number of hydrogen-bond acceptors (Lipinski definition) is 3. The molecule has 106 valence electrons. The van der Waals surface area contributed by atoms with Crippen LogP contribution in [0.3, 0.4) is 0 Å². The lowest BCUT2D eigenvalue weighted by Gasteiger charge is -2.42. The summed E-state index contributed by atoms with van der Waals surface area (Å²) < 4.78 is 0. The highest BCUT2D eigenvalue weighted by atomic mass is 16.1. The van der Waals surface area contributed by atoms with E-state index in [1.807, 2.05) is 0 Å². The fourth-order valence-electron chi connectivity index (χ4n) is 3.57. The predicted molar refractivity (Wildman–Crippen MR) is 74.3 cm³/mol. The number of carbonyl (C=O) groups is 1. The molecule has 1 aliphatic carbocycles. The Labute approximate surface area is 116 Å². The molecule has 1 saturated carbocycles. The number of rotatable bonds is 2. The van der Waals surface area contributed by atoms with Crippen LogP contribution in [0.5, 0.6) is 0 Å². The molecule has 1 aliphatic heterocycles. The van der Waals surface area contributed by atoms with E-state index >= 15 is 0 Å². The number of piperidine rings is 1. The van der Waals surface area contributed by atoms with Gasteiger partial charge in [-0.05, 0) is 38.0 Å². The summed E-state index contributed by atoms with van der Waals surface area (Å²) in [6.45, 7) is 5.91. The first-order valence-corrected chi connectivity index (χ1v) is 7.51. The van der Waals surface area contributed by atoms with Crippen molar-refractivity contribution in [2.24, 2.45) is 11.8 Å². The first kappa shape index (κ1) is 14.3. The van der Waals surface area contributed by atoms with E-state index in [1.165, 1.54) is 6.42 Å². The van der Waals surface area contributed by atoms with E-state index in [0.717, 1.165) is 44.7 Å². The molecule has 4 nitrogen and oxygen atoms in total. The monoisotopic (exact) mass is 263 g/mol. The van der Waals surface area contributed by atoms with Gasteiger partial charge in [-0.2, -0.15) is 5.26 Å². The van der Waals surface area contributed by atoms with Crippen LogP contribution in [-0.4, -0.2) is 36.0 Å². The highest BCUT2D eigenvalue weighted by Gasteiger charge is 2.34. The van der Waals surface area contributed by atoms with Crippen molar-refractivity contribution in [3.05, 3.63) is 0 Å². The van der Waals surface area contributed by atoms with Gasteiger partial charge in [0.2, 0.25) is 5.91 Å². The van der Waals surface area contributed by atoms with Gasteiger partial charge < -0.3 is 5.32 Å². The van der Waals surface area contributed by atoms with Crippen LogP contribution in [0.1, 0.15) is 46.0 Å². The van der Waals surface area contributed by atoms with Gasteiger partial charge in [0.15, 0.2) is 0 Å². The van der Waals surface area contributed by atoms with E-state index in [0.29, 0.717) is 12.1 Å². The van der Waals surface area contributed by atoms with E-state index in [-0.39, 0.29) is 11.8 Å². The standard InChI is InChI=1S/C15H25N3O/c1-11-3-4-13(10-16)15(9-11)18-7-5-14(6-8-18)17-12(2)19/h11,13-15H,3-9H2,1-2H3,(H,17,19). The van der Waals surface area contributed by atoms with Crippen molar-refractivity contribution in [1.82, 2.24) is 10.2 Å². The largest absolute Gasteiger partial charge is 0.354 e. The van der Waals surface area contributed by atoms with Crippen LogP contribution in [0.15, 0.2) is 0 Å². The molecule has 0 aromatic rings. The third kappa shape index (κ3) is 3.70. The predicted octanol–water partition coefficient (Wildman–Crippen LogP) is 1.92. The SMILES string of the molecule is CC(=O)NC1CCN(C2CC(C)CCC2C#N)CC1. The lowest BCUT2D eigenvalue weighted by molar-refractivity contribution is -0.120. The molecule has 2 rings (SSSR count). The van der Waals surface area contributed by atoms with Gasteiger partial charge in [-0.25, -0.2) is 0 Å². The Balaban J connectivity index is 1.89. The van der Waals surface area contributed by atoms with Crippen molar-refractivity contribution >= 4 is 5.91 Å². The molecule has 2 fully saturated rings. The van der Waals surface area contributed by atoms with E-state index in [1.54, 1.807) is 6.92 Å². The van der Waals surface area contributed by atoms with Crippen molar-refractivity contribution in [2.45, 2.75) is 58.0 Å². The molecule has 0 aromatic carbocycles. The summed E-state index contributed by atoms with van der Waals surface area (Å²) in [5.74, 6) is 1.01. The molecule has 0 spiro atoms. The maximum Gasteiger partial charge on any atom is 0.217 e. The molecule has 2 aliphatic rings. The second-order valence-electron chi connectivity index (χ2n) is 6.23. The summed E-state index contributed by atoms with van der Waals surface area (Å²) in [6.07, 6.45) is 5.43. The van der Waals surface area contributed by atoms with Crippen LogP contribution < -0.4 is 5.32 Å². The average molecular weight is 263 g/mol. The van der Waals surface area contributed by atoms with Gasteiger partial charge in [-0.15, -0.1) is 0 Å². The third-order valence-electron chi connectivity index (χ3n) is 4.65. The number of likely N-dealkylation sites (tertiary alicyclic amines) is 1. The van der Waals surface area contributed by atoms with Gasteiger partial charge in [0.1, 0.15) is 0 Å². The zero-order valence-electron chi connectivity index (χ0n) is 12.1. The molecule has 1 saturated heterocycles. The Morgan fingerprint density at radius 2 is 1.95 bits per heavy atom. The second kappa shape index (κ2) is 6.38. The summed E-state index contributed by atoms with van der Waals surface area (Å²) in [6, 6.07) is 3.27. The molecule has 1 heterocycles. The quantitative estimate of drug-likeness (QED) is 0.828. The average Bonchev–Trinajstić information content (AvgIpc) is 2.39. The zero-order chi connectivity index (χ0) is 13.8. The molecule has 1 N–H and O–H groups in total. The Kier molecular flexibility index (Phi) is 4.81. The van der Waals surface area contributed by atoms with Crippen molar-refractivity contribution in [1.29, 1.82) is 5.26 Å². The normalized spacial score (nSPS) is 33.6. The van der Waals surface area contributed by atoms with E-state index in [9.17, 15) is 10.1 Å². The summed E-state index contributed by atoms with van der Waals surface area (Å²) in [5.41, 5.74) is 0. The number of nitriles is 1. The van der Waals surface area contributed by atoms with Crippen molar-refractivity contribution in [2.75, 3.05) is 13.1 Å². The Bertz CT molecular complexity index is 355. The molecule has 3 atom stereocenters. The maximum absolute atomic E-state index is 11.1. The highest BCUT2D eigenvalue weighted by molar-refractivity contribution is 5.73. The fourth-order valence-corrected chi connectivity index (χ4v) is 3.57. The van der Waals surface area contributed by atoms with Crippen LogP contribution in [0.25, 0.3) is 0 Å². The molecular formula is C15H25N3O. The van der Waals surface area contributed by atoms with Crippen LogP contribution >= 0.6 is 0 Å². The Morgan fingerprint density at radius 1 is 1.26 bits per heavy atom.